The molecule has 0 fully saturated rings. The van der Waals surface area contributed by atoms with E-state index in [1.807, 2.05) is 0 Å². The van der Waals surface area contributed by atoms with Gasteiger partial charge in [-0.2, -0.15) is 0 Å². The van der Waals surface area contributed by atoms with Crippen molar-refractivity contribution in [3.63, 3.8) is 0 Å². The van der Waals surface area contributed by atoms with Gasteiger partial charge in [0, 0.05) is 11.8 Å². The Labute approximate surface area is 134 Å². The molecule has 0 radical (unpaired) electrons. The summed E-state index contributed by atoms with van der Waals surface area (Å²) in [4.78, 5) is 12.2. The number of rotatable bonds is 6. The summed E-state index contributed by atoms with van der Waals surface area (Å²) in [5.74, 6) is 0.807. The summed E-state index contributed by atoms with van der Waals surface area (Å²) in [7, 11) is 3.05. The Morgan fingerprint density at radius 3 is 2.30 bits per heavy atom. The Bertz CT molecular complexity index is 673. The third kappa shape index (κ3) is 4.35. The van der Waals surface area contributed by atoms with E-state index in [-0.39, 0.29) is 11.7 Å². The molecule has 0 aliphatic heterocycles. The molecule has 2 aromatic rings. The molecule has 0 aromatic heterocycles. The van der Waals surface area contributed by atoms with E-state index in [1.54, 1.807) is 25.1 Å². The number of amides is 1. The van der Waals surface area contributed by atoms with Crippen LogP contribution < -0.4 is 19.5 Å². The lowest BCUT2D eigenvalue weighted by atomic mass is 10.2. The van der Waals surface area contributed by atoms with Crippen molar-refractivity contribution in [2.45, 2.75) is 13.0 Å². The minimum Gasteiger partial charge on any atom is -0.493 e. The van der Waals surface area contributed by atoms with E-state index in [0.717, 1.165) is 0 Å². The van der Waals surface area contributed by atoms with Crippen LogP contribution in [0, 0.1) is 5.82 Å². The highest BCUT2D eigenvalue weighted by molar-refractivity contribution is 5.94. The molecule has 6 heteroatoms. The first kappa shape index (κ1) is 16.6. The fraction of sp³-hybridized carbons (Fsp3) is 0.235. The summed E-state index contributed by atoms with van der Waals surface area (Å²) in [5, 5.41) is 2.73. The maximum Gasteiger partial charge on any atom is 0.265 e. The van der Waals surface area contributed by atoms with Crippen LogP contribution in [0.15, 0.2) is 42.5 Å². The Hall–Kier alpha value is -2.76. The fourth-order valence-electron chi connectivity index (χ4n) is 1.93. The normalized spacial score (nSPS) is 11.5. The number of anilines is 1. The number of ether oxygens (including phenoxy) is 3. The van der Waals surface area contributed by atoms with E-state index in [2.05, 4.69) is 5.32 Å². The van der Waals surface area contributed by atoms with Crippen LogP contribution in [-0.4, -0.2) is 26.2 Å². The minimum atomic E-state index is -0.742. The number of halogens is 1. The van der Waals surface area contributed by atoms with Crippen molar-refractivity contribution in [2.24, 2.45) is 0 Å². The predicted molar refractivity (Wildman–Crippen MR) is 84.7 cm³/mol. The van der Waals surface area contributed by atoms with Gasteiger partial charge in [-0.25, -0.2) is 4.39 Å². The molecule has 1 atom stereocenters. The van der Waals surface area contributed by atoms with Crippen LogP contribution in [0.3, 0.4) is 0 Å². The van der Waals surface area contributed by atoms with Gasteiger partial charge in [-0.15, -0.1) is 0 Å². The molecular formula is C17H18FNO4. The number of methoxy groups -OCH3 is 2. The number of carbonyl (C=O) groups is 1. The molecule has 2 aromatic carbocycles. The largest absolute Gasteiger partial charge is 0.493 e. The first-order valence-electron chi connectivity index (χ1n) is 6.98. The molecule has 0 heterocycles. The van der Waals surface area contributed by atoms with Crippen LogP contribution in [0.1, 0.15) is 6.92 Å². The lowest BCUT2D eigenvalue weighted by Crippen LogP contribution is -2.30. The van der Waals surface area contributed by atoms with E-state index in [0.29, 0.717) is 22.9 Å². The van der Waals surface area contributed by atoms with Crippen LogP contribution in [0.25, 0.3) is 0 Å². The molecular weight excluding hydrogens is 301 g/mol. The van der Waals surface area contributed by atoms with E-state index in [9.17, 15) is 9.18 Å². The second kappa shape index (κ2) is 7.49. The molecule has 1 N–H and O–H groups in total. The maximum absolute atomic E-state index is 12.8. The van der Waals surface area contributed by atoms with Crippen molar-refractivity contribution in [1.82, 2.24) is 0 Å². The minimum absolute atomic E-state index is 0.332. The number of benzene rings is 2. The van der Waals surface area contributed by atoms with Gasteiger partial charge in [-0.05, 0) is 43.3 Å². The molecule has 0 saturated carbocycles. The van der Waals surface area contributed by atoms with Gasteiger partial charge in [0.2, 0.25) is 0 Å². The van der Waals surface area contributed by atoms with Crippen LogP contribution in [0.5, 0.6) is 17.2 Å². The zero-order valence-corrected chi connectivity index (χ0v) is 13.1. The van der Waals surface area contributed by atoms with Gasteiger partial charge in [0.1, 0.15) is 11.6 Å². The second-order valence-electron chi connectivity index (χ2n) is 4.77. The van der Waals surface area contributed by atoms with Crippen molar-refractivity contribution in [3.05, 3.63) is 48.3 Å². The summed E-state index contributed by atoms with van der Waals surface area (Å²) in [6.07, 6.45) is -0.742. The summed E-state index contributed by atoms with van der Waals surface area (Å²) in [6.45, 7) is 1.61. The van der Waals surface area contributed by atoms with E-state index < -0.39 is 6.10 Å². The molecule has 1 amide bonds. The van der Waals surface area contributed by atoms with Crippen molar-refractivity contribution in [1.29, 1.82) is 0 Å². The molecule has 0 aliphatic carbocycles. The molecule has 0 bridgehead atoms. The molecule has 122 valence electrons. The average Bonchev–Trinajstić information content (AvgIpc) is 2.56. The smallest absolute Gasteiger partial charge is 0.265 e. The van der Waals surface area contributed by atoms with Gasteiger partial charge in [-0.3, -0.25) is 4.79 Å². The molecule has 0 aliphatic rings. The van der Waals surface area contributed by atoms with Gasteiger partial charge in [0.25, 0.3) is 5.91 Å². The standard InChI is InChI=1S/C17H18FNO4/c1-11(23-14-7-4-12(18)5-8-14)17(20)19-13-6-9-15(21-2)16(10-13)22-3/h4-11H,1-3H3,(H,19,20)/t11-/m1/s1. The van der Waals surface area contributed by atoms with Crippen molar-refractivity contribution >= 4 is 11.6 Å². The summed E-state index contributed by atoms with van der Waals surface area (Å²) in [6, 6.07) is 10.5. The third-order valence-electron chi connectivity index (χ3n) is 3.15. The first-order chi connectivity index (χ1) is 11.0. The molecule has 0 unspecified atom stereocenters. The Balaban J connectivity index is 2.01. The number of hydrogen-bond donors (Lipinski definition) is 1. The average molecular weight is 319 g/mol. The van der Waals surface area contributed by atoms with Crippen LogP contribution in [0.4, 0.5) is 10.1 Å². The number of nitrogens with one attached hydrogen (secondary N) is 1. The lowest BCUT2D eigenvalue weighted by molar-refractivity contribution is -0.122. The molecule has 23 heavy (non-hydrogen) atoms. The number of carbonyl (C=O) groups excluding carboxylic acids is 1. The van der Waals surface area contributed by atoms with Gasteiger partial charge < -0.3 is 19.5 Å². The maximum atomic E-state index is 12.8. The highest BCUT2D eigenvalue weighted by Gasteiger charge is 2.16. The van der Waals surface area contributed by atoms with E-state index >= 15 is 0 Å². The zero-order valence-electron chi connectivity index (χ0n) is 13.1. The van der Waals surface area contributed by atoms with Crippen LogP contribution in [0.2, 0.25) is 0 Å². The Kier molecular flexibility index (Phi) is 5.41. The zero-order chi connectivity index (χ0) is 16.8. The molecule has 2 rings (SSSR count). The quantitative estimate of drug-likeness (QED) is 0.888. The highest BCUT2D eigenvalue weighted by Crippen LogP contribution is 2.29. The van der Waals surface area contributed by atoms with Gasteiger partial charge in [0.15, 0.2) is 17.6 Å². The van der Waals surface area contributed by atoms with Crippen LogP contribution in [-0.2, 0) is 4.79 Å². The fourth-order valence-corrected chi connectivity index (χ4v) is 1.93. The topological polar surface area (TPSA) is 56.8 Å². The molecule has 0 spiro atoms. The van der Waals surface area contributed by atoms with Crippen molar-refractivity contribution in [3.8, 4) is 17.2 Å². The molecule has 0 saturated heterocycles. The van der Waals surface area contributed by atoms with Crippen LogP contribution >= 0.6 is 0 Å². The van der Waals surface area contributed by atoms with Gasteiger partial charge >= 0.3 is 0 Å². The summed E-state index contributed by atoms with van der Waals surface area (Å²) in [5.41, 5.74) is 0.558. The lowest BCUT2D eigenvalue weighted by Gasteiger charge is -2.15. The van der Waals surface area contributed by atoms with Gasteiger partial charge in [0.05, 0.1) is 14.2 Å². The third-order valence-corrected chi connectivity index (χ3v) is 3.15. The highest BCUT2D eigenvalue weighted by atomic mass is 19.1. The predicted octanol–water partition coefficient (Wildman–Crippen LogP) is 3.25. The van der Waals surface area contributed by atoms with Crippen molar-refractivity contribution < 1.29 is 23.4 Å². The Morgan fingerprint density at radius 1 is 1.04 bits per heavy atom. The SMILES string of the molecule is COc1ccc(NC(=O)[C@@H](C)Oc2ccc(F)cc2)cc1OC. The van der Waals surface area contributed by atoms with Crippen molar-refractivity contribution in [2.75, 3.05) is 19.5 Å². The van der Waals surface area contributed by atoms with E-state index in [1.165, 1.54) is 38.5 Å². The monoisotopic (exact) mass is 319 g/mol. The second-order valence-corrected chi connectivity index (χ2v) is 4.77. The summed E-state index contributed by atoms with van der Waals surface area (Å²) >= 11 is 0. The first-order valence-corrected chi connectivity index (χ1v) is 6.98. The summed E-state index contributed by atoms with van der Waals surface area (Å²) < 4.78 is 28.6. The van der Waals surface area contributed by atoms with Gasteiger partial charge in [-0.1, -0.05) is 0 Å². The Morgan fingerprint density at radius 2 is 1.70 bits per heavy atom. The molecule has 5 nitrogen and oxygen atoms in total. The number of hydrogen-bond acceptors (Lipinski definition) is 4. The van der Waals surface area contributed by atoms with E-state index in [4.69, 9.17) is 14.2 Å².